The van der Waals surface area contributed by atoms with E-state index in [0.29, 0.717) is 6.04 Å². The summed E-state index contributed by atoms with van der Waals surface area (Å²) in [6.45, 7) is 2.25. The number of rotatable bonds is 3. The van der Waals surface area contributed by atoms with Crippen LogP contribution in [0.2, 0.25) is 0 Å². The van der Waals surface area contributed by atoms with Crippen LogP contribution in [0.1, 0.15) is 37.3 Å². The van der Waals surface area contributed by atoms with Crippen LogP contribution in [0.5, 0.6) is 0 Å². The van der Waals surface area contributed by atoms with Gasteiger partial charge in [0.1, 0.15) is 5.82 Å². The Kier molecular flexibility index (Phi) is 2.37. The van der Waals surface area contributed by atoms with E-state index in [4.69, 9.17) is 0 Å². The molecule has 0 amide bonds. The molecule has 1 aliphatic carbocycles. The number of aromatic amines is 1. The van der Waals surface area contributed by atoms with Gasteiger partial charge in [-0.25, -0.2) is 0 Å². The molecule has 0 radical (unpaired) electrons. The summed E-state index contributed by atoms with van der Waals surface area (Å²) >= 11 is 0. The second-order valence-corrected chi connectivity index (χ2v) is 4.65. The zero-order chi connectivity index (χ0) is 10.1. The SMILES string of the molecule is c1c(NC2CCNCC2)n[nH]c1C1CC1. The molecule has 0 unspecified atom stereocenters. The first-order chi connectivity index (χ1) is 7.42. The van der Waals surface area contributed by atoms with Crippen LogP contribution in [0.15, 0.2) is 6.07 Å². The summed E-state index contributed by atoms with van der Waals surface area (Å²) in [5.74, 6) is 1.80. The van der Waals surface area contributed by atoms with Gasteiger partial charge in [0, 0.05) is 23.7 Å². The third kappa shape index (κ3) is 2.15. The molecule has 1 aromatic rings. The summed E-state index contributed by atoms with van der Waals surface area (Å²) in [6, 6.07) is 2.78. The van der Waals surface area contributed by atoms with E-state index in [2.05, 4.69) is 26.9 Å². The minimum Gasteiger partial charge on any atom is -0.366 e. The molecule has 15 heavy (non-hydrogen) atoms. The van der Waals surface area contributed by atoms with E-state index in [-0.39, 0.29) is 0 Å². The Morgan fingerprint density at radius 1 is 1.20 bits per heavy atom. The van der Waals surface area contributed by atoms with E-state index >= 15 is 0 Å². The van der Waals surface area contributed by atoms with Crippen molar-refractivity contribution in [3.8, 4) is 0 Å². The van der Waals surface area contributed by atoms with E-state index in [1.807, 2.05) is 0 Å². The number of hydrogen-bond acceptors (Lipinski definition) is 3. The molecule has 4 heteroatoms. The lowest BCUT2D eigenvalue weighted by molar-refractivity contribution is 0.478. The van der Waals surface area contributed by atoms with Gasteiger partial charge in [0.2, 0.25) is 0 Å². The topological polar surface area (TPSA) is 52.7 Å². The zero-order valence-corrected chi connectivity index (χ0v) is 8.92. The maximum absolute atomic E-state index is 4.32. The maximum atomic E-state index is 4.32. The fourth-order valence-corrected chi connectivity index (χ4v) is 2.19. The monoisotopic (exact) mass is 206 g/mol. The first kappa shape index (κ1) is 9.21. The summed E-state index contributed by atoms with van der Waals surface area (Å²) in [6.07, 6.45) is 5.06. The highest BCUT2D eigenvalue weighted by Gasteiger charge is 2.25. The minimum absolute atomic E-state index is 0.599. The zero-order valence-electron chi connectivity index (χ0n) is 8.92. The molecular formula is C11H18N4. The van der Waals surface area contributed by atoms with Crippen LogP contribution >= 0.6 is 0 Å². The Morgan fingerprint density at radius 3 is 2.73 bits per heavy atom. The third-order valence-electron chi connectivity index (χ3n) is 3.31. The fourth-order valence-electron chi connectivity index (χ4n) is 2.19. The number of H-pyrrole nitrogens is 1. The third-order valence-corrected chi connectivity index (χ3v) is 3.31. The minimum atomic E-state index is 0.599. The average Bonchev–Trinajstić information content (AvgIpc) is 3.02. The predicted octanol–water partition coefficient (Wildman–Crippen LogP) is 1.45. The van der Waals surface area contributed by atoms with Gasteiger partial charge in [-0.1, -0.05) is 0 Å². The summed E-state index contributed by atoms with van der Waals surface area (Å²) in [4.78, 5) is 0. The molecule has 3 rings (SSSR count). The Bertz CT molecular complexity index is 323. The number of nitrogens with zero attached hydrogens (tertiary/aromatic N) is 1. The maximum Gasteiger partial charge on any atom is 0.148 e. The Morgan fingerprint density at radius 2 is 2.00 bits per heavy atom. The van der Waals surface area contributed by atoms with Crippen molar-refractivity contribution in [2.24, 2.45) is 0 Å². The molecule has 1 aromatic heterocycles. The van der Waals surface area contributed by atoms with Crippen LogP contribution < -0.4 is 10.6 Å². The van der Waals surface area contributed by atoms with Crippen molar-refractivity contribution in [3.63, 3.8) is 0 Å². The Balaban J connectivity index is 1.60. The highest BCUT2D eigenvalue weighted by atomic mass is 15.2. The van der Waals surface area contributed by atoms with Crippen molar-refractivity contribution >= 4 is 5.82 Å². The first-order valence-electron chi connectivity index (χ1n) is 5.94. The number of anilines is 1. The Labute approximate surface area is 89.8 Å². The molecule has 1 saturated heterocycles. The first-order valence-corrected chi connectivity index (χ1v) is 5.94. The highest BCUT2D eigenvalue weighted by molar-refractivity contribution is 5.38. The quantitative estimate of drug-likeness (QED) is 0.701. The number of piperidine rings is 1. The van der Waals surface area contributed by atoms with Crippen LogP contribution in [0.3, 0.4) is 0 Å². The van der Waals surface area contributed by atoms with Crippen molar-refractivity contribution in [1.29, 1.82) is 0 Å². The second-order valence-electron chi connectivity index (χ2n) is 4.65. The van der Waals surface area contributed by atoms with Crippen molar-refractivity contribution in [1.82, 2.24) is 15.5 Å². The largest absolute Gasteiger partial charge is 0.366 e. The lowest BCUT2D eigenvalue weighted by Crippen LogP contribution is -2.35. The molecule has 2 aliphatic rings. The Hall–Kier alpha value is -1.03. The van der Waals surface area contributed by atoms with Crippen molar-refractivity contribution in [2.75, 3.05) is 18.4 Å². The van der Waals surface area contributed by atoms with Crippen molar-refractivity contribution in [2.45, 2.75) is 37.6 Å². The summed E-state index contributed by atoms with van der Waals surface area (Å²) in [7, 11) is 0. The van der Waals surface area contributed by atoms with Crippen LogP contribution in [0, 0.1) is 0 Å². The summed E-state index contributed by atoms with van der Waals surface area (Å²) < 4.78 is 0. The van der Waals surface area contributed by atoms with E-state index in [1.54, 1.807) is 0 Å². The molecule has 0 spiro atoms. The van der Waals surface area contributed by atoms with E-state index < -0.39 is 0 Å². The number of nitrogens with one attached hydrogen (secondary N) is 3. The van der Waals surface area contributed by atoms with Gasteiger partial charge in [-0.05, 0) is 38.8 Å². The van der Waals surface area contributed by atoms with Gasteiger partial charge in [0.15, 0.2) is 0 Å². The fraction of sp³-hybridized carbons (Fsp3) is 0.727. The van der Waals surface area contributed by atoms with Gasteiger partial charge in [0.25, 0.3) is 0 Å². The molecule has 2 heterocycles. The molecule has 1 saturated carbocycles. The van der Waals surface area contributed by atoms with Gasteiger partial charge >= 0.3 is 0 Å². The van der Waals surface area contributed by atoms with Crippen LogP contribution in [0.25, 0.3) is 0 Å². The molecule has 1 aliphatic heterocycles. The molecule has 82 valence electrons. The highest BCUT2D eigenvalue weighted by Crippen LogP contribution is 2.39. The smallest absolute Gasteiger partial charge is 0.148 e. The summed E-state index contributed by atoms with van der Waals surface area (Å²) in [5, 5.41) is 14.3. The normalized spacial score (nSPS) is 22.9. The van der Waals surface area contributed by atoms with Crippen LogP contribution in [-0.4, -0.2) is 29.3 Å². The van der Waals surface area contributed by atoms with E-state index in [9.17, 15) is 0 Å². The molecule has 0 atom stereocenters. The van der Waals surface area contributed by atoms with Crippen molar-refractivity contribution in [3.05, 3.63) is 11.8 Å². The number of aromatic nitrogens is 2. The lowest BCUT2D eigenvalue weighted by Gasteiger charge is -2.23. The number of hydrogen-bond donors (Lipinski definition) is 3. The molecule has 2 fully saturated rings. The lowest BCUT2D eigenvalue weighted by atomic mass is 10.1. The molecule has 3 N–H and O–H groups in total. The van der Waals surface area contributed by atoms with Crippen LogP contribution in [-0.2, 0) is 0 Å². The van der Waals surface area contributed by atoms with Gasteiger partial charge in [0.05, 0.1) is 0 Å². The van der Waals surface area contributed by atoms with E-state index in [1.165, 1.54) is 31.4 Å². The van der Waals surface area contributed by atoms with E-state index in [0.717, 1.165) is 24.8 Å². The van der Waals surface area contributed by atoms with Gasteiger partial charge in [-0.3, -0.25) is 5.10 Å². The standard InChI is InChI=1S/C11H18N4/c1-2-8(1)10-7-11(15-14-10)13-9-3-5-12-6-4-9/h7-9,12H,1-6H2,(H2,13,14,15). The molecule has 0 aromatic carbocycles. The predicted molar refractivity (Wildman–Crippen MR) is 60.1 cm³/mol. The van der Waals surface area contributed by atoms with Crippen molar-refractivity contribution < 1.29 is 0 Å². The molecule has 0 bridgehead atoms. The van der Waals surface area contributed by atoms with Crippen LogP contribution in [0.4, 0.5) is 5.82 Å². The van der Waals surface area contributed by atoms with Gasteiger partial charge in [-0.15, -0.1) is 0 Å². The van der Waals surface area contributed by atoms with Gasteiger partial charge in [-0.2, -0.15) is 5.10 Å². The van der Waals surface area contributed by atoms with Gasteiger partial charge < -0.3 is 10.6 Å². The second kappa shape index (κ2) is 3.85. The molecule has 4 nitrogen and oxygen atoms in total. The summed E-state index contributed by atoms with van der Waals surface area (Å²) in [5.41, 5.74) is 1.31. The average molecular weight is 206 g/mol. The molecular weight excluding hydrogens is 188 g/mol.